The molecule has 0 aromatic heterocycles. The Morgan fingerprint density at radius 3 is 2.41 bits per heavy atom. The zero-order chi connectivity index (χ0) is 27.4. The summed E-state index contributed by atoms with van der Waals surface area (Å²) in [6.45, 7) is 18.3. The highest BCUT2D eigenvalue weighted by molar-refractivity contribution is 5.87. The van der Waals surface area contributed by atoms with Crippen molar-refractivity contribution in [1.29, 1.82) is 0 Å². The number of fused-ring (bicyclic) bond motifs is 5. The van der Waals surface area contributed by atoms with Crippen LogP contribution in [0.1, 0.15) is 113 Å². The summed E-state index contributed by atoms with van der Waals surface area (Å²) >= 11 is 0. The van der Waals surface area contributed by atoms with Crippen molar-refractivity contribution in [3.05, 3.63) is 23.3 Å². The minimum Gasteiger partial charge on any atom is -0.466 e. The van der Waals surface area contributed by atoms with Gasteiger partial charge in [-0.1, -0.05) is 59.3 Å². The standard InChI is InChI=1S/C33H52O4/c1-21(11-10-12-22(2)29(35)36-9)24-15-19-33(8)26-13-14-27-30(4,5)28(37-23(3)34)17-18-31(27,6)25(26)16-20-32(24,33)7/h12-13,21,24-25,27-28H,10-11,14-20H2,1-9H3/b22-12+/t21-,24-,25+,27+,28-,31-,32+,33-/m1/s1. The maximum absolute atomic E-state index is 11.8. The fraction of sp³-hybridized carbons (Fsp3) is 0.818. The zero-order valence-corrected chi connectivity index (χ0v) is 25.0. The smallest absolute Gasteiger partial charge is 0.333 e. The topological polar surface area (TPSA) is 52.6 Å². The van der Waals surface area contributed by atoms with Gasteiger partial charge in [-0.05, 0) is 105 Å². The molecule has 4 nitrogen and oxygen atoms in total. The molecule has 4 aliphatic rings. The predicted molar refractivity (Wildman–Crippen MR) is 149 cm³/mol. The number of ether oxygens (including phenoxy) is 2. The molecule has 3 saturated carbocycles. The van der Waals surface area contributed by atoms with E-state index in [9.17, 15) is 9.59 Å². The fourth-order valence-corrected chi connectivity index (χ4v) is 10.1. The van der Waals surface area contributed by atoms with E-state index in [1.165, 1.54) is 32.8 Å². The molecule has 3 fully saturated rings. The van der Waals surface area contributed by atoms with Gasteiger partial charge < -0.3 is 9.47 Å². The highest BCUT2D eigenvalue weighted by Gasteiger charge is 2.65. The molecule has 8 atom stereocenters. The number of carbonyl (C=O) groups excluding carboxylic acids is 2. The van der Waals surface area contributed by atoms with Gasteiger partial charge in [0, 0.05) is 17.9 Å². The SMILES string of the molecule is COC(=O)/C(C)=C/CC[C@@H](C)[C@H]1CC[C@]2(C)C3=CC[C@H]4C(C)(C)[C@H](OC(C)=O)CC[C@]4(C)[C@H]3CC[C@@]12C. The summed E-state index contributed by atoms with van der Waals surface area (Å²) in [4.78, 5) is 23.6. The molecule has 0 radical (unpaired) electrons. The van der Waals surface area contributed by atoms with E-state index in [1.54, 1.807) is 12.5 Å². The summed E-state index contributed by atoms with van der Waals surface area (Å²) < 4.78 is 10.7. The highest BCUT2D eigenvalue weighted by atomic mass is 16.5. The third kappa shape index (κ3) is 4.42. The van der Waals surface area contributed by atoms with Crippen molar-refractivity contribution in [2.24, 2.45) is 45.3 Å². The fourth-order valence-electron chi connectivity index (χ4n) is 10.1. The van der Waals surface area contributed by atoms with Gasteiger partial charge in [0.1, 0.15) is 6.10 Å². The van der Waals surface area contributed by atoms with Crippen molar-refractivity contribution < 1.29 is 19.1 Å². The van der Waals surface area contributed by atoms with E-state index in [4.69, 9.17) is 9.47 Å². The van der Waals surface area contributed by atoms with Crippen molar-refractivity contribution in [3.63, 3.8) is 0 Å². The number of carbonyl (C=O) groups is 2. The second-order valence-corrected chi connectivity index (χ2v) is 14.3. The van der Waals surface area contributed by atoms with Crippen LogP contribution in [0.5, 0.6) is 0 Å². The first-order valence-corrected chi connectivity index (χ1v) is 14.8. The van der Waals surface area contributed by atoms with Gasteiger partial charge in [0.25, 0.3) is 0 Å². The molecule has 0 N–H and O–H groups in total. The molecule has 4 heteroatoms. The summed E-state index contributed by atoms with van der Waals surface area (Å²) in [5.41, 5.74) is 3.33. The molecule has 0 amide bonds. The van der Waals surface area contributed by atoms with Crippen LogP contribution in [0.3, 0.4) is 0 Å². The Hall–Kier alpha value is -1.58. The second-order valence-electron chi connectivity index (χ2n) is 14.3. The lowest BCUT2D eigenvalue weighted by Gasteiger charge is -2.64. The quantitative estimate of drug-likeness (QED) is 0.205. The maximum Gasteiger partial charge on any atom is 0.333 e. The maximum atomic E-state index is 11.8. The summed E-state index contributed by atoms with van der Waals surface area (Å²) in [5.74, 6) is 2.18. The van der Waals surface area contributed by atoms with Crippen LogP contribution in [0.4, 0.5) is 0 Å². The van der Waals surface area contributed by atoms with E-state index in [-0.39, 0.29) is 34.3 Å². The largest absolute Gasteiger partial charge is 0.466 e. The summed E-state index contributed by atoms with van der Waals surface area (Å²) in [7, 11) is 1.45. The van der Waals surface area contributed by atoms with Crippen molar-refractivity contribution >= 4 is 11.9 Å². The molecule has 4 aliphatic carbocycles. The van der Waals surface area contributed by atoms with Gasteiger partial charge in [-0.25, -0.2) is 4.79 Å². The van der Waals surface area contributed by atoms with Gasteiger partial charge in [0.15, 0.2) is 0 Å². The van der Waals surface area contributed by atoms with Crippen LogP contribution in [0, 0.1) is 45.3 Å². The molecule has 4 rings (SSSR count). The monoisotopic (exact) mass is 512 g/mol. The van der Waals surface area contributed by atoms with Gasteiger partial charge in [-0.3, -0.25) is 4.79 Å². The Labute approximate surface area is 226 Å². The molecule has 0 aromatic carbocycles. The van der Waals surface area contributed by atoms with Gasteiger partial charge in [-0.15, -0.1) is 0 Å². The third-order valence-electron chi connectivity index (χ3n) is 12.4. The second kappa shape index (κ2) is 9.87. The Morgan fingerprint density at radius 1 is 1.05 bits per heavy atom. The van der Waals surface area contributed by atoms with Crippen LogP contribution in [-0.2, 0) is 19.1 Å². The van der Waals surface area contributed by atoms with E-state index >= 15 is 0 Å². The molecule has 0 unspecified atom stereocenters. The minimum absolute atomic E-state index is 0.00900. The average Bonchev–Trinajstić information content (AvgIpc) is 3.11. The van der Waals surface area contributed by atoms with Crippen molar-refractivity contribution in [2.45, 2.75) is 119 Å². The number of methoxy groups -OCH3 is 1. The number of rotatable bonds is 6. The van der Waals surface area contributed by atoms with Crippen LogP contribution in [0.15, 0.2) is 23.3 Å². The Morgan fingerprint density at radius 2 is 1.76 bits per heavy atom. The van der Waals surface area contributed by atoms with Crippen LogP contribution in [0.25, 0.3) is 0 Å². The van der Waals surface area contributed by atoms with Crippen molar-refractivity contribution in [1.82, 2.24) is 0 Å². The first-order valence-electron chi connectivity index (χ1n) is 14.8. The van der Waals surface area contributed by atoms with Crippen LogP contribution < -0.4 is 0 Å². The number of esters is 2. The molecule has 0 aliphatic heterocycles. The van der Waals surface area contributed by atoms with Gasteiger partial charge in [0.05, 0.1) is 7.11 Å². The number of hydrogen-bond acceptors (Lipinski definition) is 4. The summed E-state index contributed by atoms with van der Waals surface area (Å²) in [5, 5.41) is 0. The molecular formula is C33H52O4. The molecular weight excluding hydrogens is 460 g/mol. The molecule has 0 aromatic rings. The van der Waals surface area contributed by atoms with E-state index in [0.29, 0.717) is 29.1 Å². The Kier molecular flexibility index (Phi) is 7.58. The van der Waals surface area contributed by atoms with Crippen molar-refractivity contribution in [2.75, 3.05) is 7.11 Å². The van der Waals surface area contributed by atoms with Crippen LogP contribution >= 0.6 is 0 Å². The van der Waals surface area contributed by atoms with Crippen LogP contribution in [0.2, 0.25) is 0 Å². The molecule has 37 heavy (non-hydrogen) atoms. The lowest BCUT2D eigenvalue weighted by atomic mass is 9.41. The van der Waals surface area contributed by atoms with Crippen LogP contribution in [-0.4, -0.2) is 25.2 Å². The summed E-state index contributed by atoms with van der Waals surface area (Å²) in [6.07, 6.45) is 15.2. The van der Waals surface area contributed by atoms with E-state index in [0.717, 1.165) is 37.7 Å². The van der Waals surface area contributed by atoms with E-state index in [1.807, 2.05) is 6.92 Å². The van der Waals surface area contributed by atoms with Gasteiger partial charge in [-0.2, -0.15) is 0 Å². The van der Waals surface area contributed by atoms with E-state index < -0.39 is 0 Å². The average molecular weight is 513 g/mol. The van der Waals surface area contributed by atoms with Crippen molar-refractivity contribution in [3.8, 4) is 0 Å². The molecule has 0 spiro atoms. The molecule has 208 valence electrons. The zero-order valence-electron chi connectivity index (χ0n) is 25.0. The Balaban J connectivity index is 1.55. The van der Waals surface area contributed by atoms with E-state index in [2.05, 4.69) is 53.7 Å². The minimum atomic E-state index is -0.215. The first-order chi connectivity index (χ1) is 17.2. The first kappa shape index (κ1) is 28.4. The number of hydrogen-bond donors (Lipinski definition) is 0. The number of allylic oxidation sites excluding steroid dienone is 3. The summed E-state index contributed by atoms with van der Waals surface area (Å²) in [6, 6.07) is 0. The highest BCUT2D eigenvalue weighted by Crippen LogP contribution is 2.73. The molecule has 0 saturated heterocycles. The molecule has 0 heterocycles. The van der Waals surface area contributed by atoms with Gasteiger partial charge in [0.2, 0.25) is 0 Å². The predicted octanol–water partition coefficient (Wildman–Crippen LogP) is 8.06. The third-order valence-corrected chi connectivity index (χ3v) is 12.4. The Bertz CT molecular complexity index is 975. The van der Waals surface area contributed by atoms with Gasteiger partial charge >= 0.3 is 11.9 Å². The lowest BCUT2D eigenvalue weighted by Crippen LogP contribution is -2.58. The lowest BCUT2D eigenvalue weighted by molar-refractivity contribution is -0.174. The normalized spacial score (nSPS) is 41.5. The molecule has 0 bridgehead atoms.